The summed E-state index contributed by atoms with van der Waals surface area (Å²) in [6, 6.07) is 4.10. The normalized spacial score (nSPS) is 21.4. The smallest absolute Gasteiger partial charge is 0.366 e. The summed E-state index contributed by atoms with van der Waals surface area (Å²) < 4.78 is 42.9. The van der Waals surface area contributed by atoms with Gasteiger partial charge in [0.05, 0.1) is 29.2 Å². The lowest BCUT2D eigenvalue weighted by Gasteiger charge is -2.27. The van der Waals surface area contributed by atoms with Gasteiger partial charge in [0.25, 0.3) is 5.91 Å². The van der Waals surface area contributed by atoms with Crippen LogP contribution in [-0.4, -0.2) is 67.7 Å². The molecule has 1 saturated heterocycles. The number of alkyl halides is 3. The number of rotatable bonds is 5. The average Bonchev–Trinajstić information content (AvgIpc) is 3.59. The molecule has 3 heterocycles. The summed E-state index contributed by atoms with van der Waals surface area (Å²) in [4.78, 5) is 35.8. The maximum absolute atomic E-state index is 13.9. The van der Waals surface area contributed by atoms with Crippen LogP contribution >= 0.6 is 0 Å². The summed E-state index contributed by atoms with van der Waals surface area (Å²) >= 11 is 0. The van der Waals surface area contributed by atoms with Gasteiger partial charge in [0.1, 0.15) is 0 Å². The predicted octanol–water partition coefficient (Wildman–Crippen LogP) is 3.27. The summed E-state index contributed by atoms with van der Waals surface area (Å²) in [5, 5.41) is 3.94. The average molecular weight is 514 g/mol. The van der Waals surface area contributed by atoms with E-state index in [1.54, 1.807) is 11.0 Å². The number of nitrogens with zero attached hydrogens (tertiary/aromatic N) is 6. The number of fused-ring (bicyclic) bond motifs is 1. The Morgan fingerprint density at radius 1 is 1.14 bits per heavy atom. The van der Waals surface area contributed by atoms with E-state index in [0.29, 0.717) is 24.3 Å². The van der Waals surface area contributed by atoms with Crippen molar-refractivity contribution in [3.63, 3.8) is 0 Å². The minimum Gasteiger partial charge on any atom is -0.366 e. The molecule has 37 heavy (non-hydrogen) atoms. The molecular weight excluding hydrogens is 487 g/mol. The van der Waals surface area contributed by atoms with E-state index >= 15 is 0 Å². The van der Waals surface area contributed by atoms with Gasteiger partial charge in [-0.1, -0.05) is 12.1 Å². The number of likely N-dealkylation sites (tertiary alicyclic amines) is 1. The molecule has 1 aromatic carbocycles. The van der Waals surface area contributed by atoms with E-state index in [1.165, 1.54) is 37.1 Å². The second-order valence-corrected chi connectivity index (χ2v) is 9.75. The van der Waals surface area contributed by atoms with Crippen LogP contribution in [0.2, 0.25) is 0 Å². The molecule has 2 N–H and O–H groups in total. The second kappa shape index (κ2) is 9.58. The number of hydrogen-bond donors (Lipinski definition) is 1. The van der Waals surface area contributed by atoms with Crippen LogP contribution in [0.4, 0.5) is 18.0 Å². The summed E-state index contributed by atoms with van der Waals surface area (Å²) in [6.45, 7) is 1.24. The molecule has 2 aromatic heterocycles. The van der Waals surface area contributed by atoms with Gasteiger partial charge >= 0.3 is 12.2 Å². The predicted molar refractivity (Wildman–Crippen MR) is 127 cm³/mol. The number of carbonyl (C=O) groups excluding carboxylic acids is 2. The first-order valence-electron chi connectivity index (χ1n) is 11.9. The van der Waals surface area contributed by atoms with Crippen molar-refractivity contribution < 1.29 is 22.8 Å². The molecular formula is C25H26F3N7O2. The fourth-order valence-electron chi connectivity index (χ4n) is 5.47. The summed E-state index contributed by atoms with van der Waals surface area (Å²) in [5.41, 5.74) is 5.68. The number of hydrogen-bond acceptors (Lipinski definition) is 6. The minimum atomic E-state index is -4.50. The van der Waals surface area contributed by atoms with Crippen molar-refractivity contribution in [1.29, 1.82) is 0 Å². The monoisotopic (exact) mass is 513 g/mol. The fourth-order valence-corrected chi connectivity index (χ4v) is 5.47. The number of halogens is 3. The van der Waals surface area contributed by atoms with Gasteiger partial charge < -0.3 is 10.6 Å². The molecule has 12 heteroatoms. The van der Waals surface area contributed by atoms with Gasteiger partial charge in [0.2, 0.25) is 0 Å². The van der Waals surface area contributed by atoms with Gasteiger partial charge in [-0.25, -0.2) is 4.79 Å². The lowest BCUT2D eigenvalue weighted by Crippen LogP contribution is -2.36. The Labute approximate surface area is 211 Å². The summed E-state index contributed by atoms with van der Waals surface area (Å²) in [5.74, 6) is -0.146. The molecule has 2 amide bonds. The number of aromatic nitrogens is 4. The van der Waals surface area contributed by atoms with Crippen molar-refractivity contribution >= 4 is 11.9 Å². The number of amides is 2. The number of carbonyl (C=O) groups is 2. The molecule has 0 spiro atoms. The Kier molecular flexibility index (Phi) is 6.44. The van der Waals surface area contributed by atoms with E-state index < -0.39 is 17.6 Å². The molecule has 1 aliphatic heterocycles. The number of nitrogens with two attached hydrogens (primary N) is 1. The summed E-state index contributed by atoms with van der Waals surface area (Å²) in [6.07, 6.45) is 4.02. The van der Waals surface area contributed by atoms with E-state index in [-0.39, 0.29) is 41.6 Å². The Hall–Kier alpha value is -3.80. The third kappa shape index (κ3) is 5.06. The highest BCUT2D eigenvalue weighted by atomic mass is 19.4. The Bertz CT molecular complexity index is 1300. The van der Waals surface area contributed by atoms with Crippen LogP contribution < -0.4 is 5.73 Å². The van der Waals surface area contributed by atoms with Crippen molar-refractivity contribution in [2.75, 3.05) is 20.1 Å². The van der Waals surface area contributed by atoms with Crippen LogP contribution in [0.15, 0.2) is 49.2 Å². The molecule has 5 rings (SSSR count). The lowest BCUT2D eigenvalue weighted by atomic mass is 10.0. The van der Waals surface area contributed by atoms with Crippen LogP contribution in [0.5, 0.6) is 0 Å². The third-order valence-electron chi connectivity index (χ3n) is 7.38. The third-order valence-corrected chi connectivity index (χ3v) is 7.38. The SMILES string of the molecule is CN(Cc1ccc(-c2cnccn2)cc1C(F)(F)F)C1CC2CN(C(=O)n3cc(C(N)=O)cn3)CC2C1. The molecule has 9 nitrogen and oxygen atoms in total. The highest BCUT2D eigenvalue weighted by Crippen LogP contribution is 2.41. The van der Waals surface area contributed by atoms with Crippen LogP contribution in [0.3, 0.4) is 0 Å². The minimum absolute atomic E-state index is 0.110. The first-order chi connectivity index (χ1) is 17.6. The quantitative estimate of drug-likeness (QED) is 0.561. The largest absolute Gasteiger partial charge is 0.416 e. The highest BCUT2D eigenvalue weighted by molar-refractivity contribution is 5.93. The maximum Gasteiger partial charge on any atom is 0.416 e. The Morgan fingerprint density at radius 3 is 2.46 bits per heavy atom. The molecule has 2 aliphatic rings. The Morgan fingerprint density at radius 2 is 1.86 bits per heavy atom. The summed E-state index contributed by atoms with van der Waals surface area (Å²) in [7, 11) is 1.85. The van der Waals surface area contributed by atoms with Crippen LogP contribution in [0.1, 0.15) is 34.3 Å². The Balaban J connectivity index is 1.24. The van der Waals surface area contributed by atoms with Gasteiger partial charge in [-0.15, -0.1) is 0 Å². The topological polar surface area (TPSA) is 110 Å². The zero-order chi connectivity index (χ0) is 26.3. The van der Waals surface area contributed by atoms with Crippen molar-refractivity contribution in [1.82, 2.24) is 29.5 Å². The first kappa shape index (κ1) is 24.9. The van der Waals surface area contributed by atoms with Crippen LogP contribution in [-0.2, 0) is 12.7 Å². The number of benzene rings is 1. The molecule has 0 bridgehead atoms. The fraction of sp³-hybridized carbons (Fsp3) is 0.400. The molecule has 0 radical (unpaired) electrons. The molecule has 194 valence electrons. The van der Waals surface area contributed by atoms with Gasteiger partial charge in [-0.3, -0.25) is 19.7 Å². The van der Waals surface area contributed by atoms with Crippen molar-refractivity contribution in [3.8, 4) is 11.3 Å². The van der Waals surface area contributed by atoms with Gasteiger partial charge in [-0.2, -0.15) is 23.0 Å². The lowest BCUT2D eigenvalue weighted by molar-refractivity contribution is -0.138. The second-order valence-electron chi connectivity index (χ2n) is 9.75. The molecule has 2 unspecified atom stereocenters. The van der Waals surface area contributed by atoms with Crippen molar-refractivity contribution in [3.05, 3.63) is 65.9 Å². The van der Waals surface area contributed by atoms with E-state index in [4.69, 9.17) is 5.73 Å². The van der Waals surface area contributed by atoms with Crippen LogP contribution in [0.25, 0.3) is 11.3 Å². The molecule has 1 saturated carbocycles. The zero-order valence-electron chi connectivity index (χ0n) is 20.1. The molecule has 2 fully saturated rings. The van der Waals surface area contributed by atoms with Gasteiger partial charge in [0, 0.05) is 49.8 Å². The van der Waals surface area contributed by atoms with Crippen molar-refractivity contribution in [2.45, 2.75) is 31.6 Å². The zero-order valence-corrected chi connectivity index (χ0v) is 20.1. The van der Waals surface area contributed by atoms with E-state index in [9.17, 15) is 22.8 Å². The van der Waals surface area contributed by atoms with Gasteiger partial charge in [0.15, 0.2) is 0 Å². The molecule has 2 atom stereocenters. The van der Waals surface area contributed by atoms with E-state index in [0.717, 1.165) is 23.6 Å². The highest BCUT2D eigenvalue weighted by Gasteiger charge is 2.44. The van der Waals surface area contributed by atoms with E-state index in [2.05, 4.69) is 15.1 Å². The van der Waals surface area contributed by atoms with Crippen LogP contribution in [0, 0.1) is 11.8 Å². The van der Waals surface area contributed by atoms with Gasteiger partial charge in [-0.05, 0) is 43.4 Å². The molecule has 3 aromatic rings. The van der Waals surface area contributed by atoms with E-state index in [1.807, 2.05) is 11.9 Å². The number of primary amides is 1. The first-order valence-corrected chi connectivity index (χ1v) is 11.9. The molecule has 1 aliphatic carbocycles. The standard InChI is InChI=1S/C25H26F3N7O2/c1-33(11-16-3-2-15(8-21(16)25(26,27)28)22-10-30-4-5-31-22)20-6-17-12-34(13-18(17)7-20)24(37)35-14-19(9-32-35)23(29)36/h2-5,8-10,14,17-18,20H,6-7,11-13H2,1H3,(H2,29,36). The van der Waals surface area contributed by atoms with Crippen molar-refractivity contribution in [2.24, 2.45) is 17.6 Å². The maximum atomic E-state index is 13.9.